The fraction of sp³-hybridized carbons (Fsp3) is 0.412. The first-order valence-electron chi connectivity index (χ1n) is 7.47. The molecule has 1 amide bonds. The van der Waals surface area contributed by atoms with E-state index in [0.717, 1.165) is 5.39 Å². The molecule has 23 heavy (non-hydrogen) atoms. The largest absolute Gasteiger partial charge is 0.490 e. The Morgan fingerprint density at radius 1 is 1.39 bits per heavy atom. The van der Waals surface area contributed by atoms with E-state index in [1.807, 2.05) is 31.2 Å². The van der Waals surface area contributed by atoms with Crippen LogP contribution in [-0.4, -0.2) is 23.6 Å². The lowest BCUT2D eigenvalue weighted by Gasteiger charge is -2.21. The summed E-state index contributed by atoms with van der Waals surface area (Å²) in [4.78, 5) is 23.3. The van der Waals surface area contributed by atoms with Crippen LogP contribution in [0.4, 0.5) is 0 Å². The lowest BCUT2D eigenvalue weighted by molar-refractivity contribution is -0.153. The van der Waals surface area contributed by atoms with Crippen molar-refractivity contribution in [3.05, 3.63) is 30.0 Å². The molecule has 0 radical (unpaired) electrons. The average Bonchev–Trinajstić information content (AvgIpc) is 2.92. The Morgan fingerprint density at radius 3 is 2.70 bits per heavy atom. The highest BCUT2D eigenvalue weighted by Crippen LogP contribution is 2.31. The van der Waals surface area contributed by atoms with Gasteiger partial charge in [-0.3, -0.25) is 9.59 Å². The number of furan rings is 1. The van der Waals surface area contributed by atoms with E-state index in [1.54, 1.807) is 6.92 Å². The molecule has 1 unspecified atom stereocenters. The molecule has 1 aromatic heterocycles. The third-order valence-corrected chi connectivity index (χ3v) is 3.70. The van der Waals surface area contributed by atoms with Gasteiger partial charge < -0.3 is 19.6 Å². The zero-order valence-electron chi connectivity index (χ0n) is 13.7. The Balaban J connectivity index is 2.25. The van der Waals surface area contributed by atoms with Crippen molar-refractivity contribution in [3.63, 3.8) is 0 Å². The third kappa shape index (κ3) is 3.31. The molecule has 0 bridgehead atoms. The molecule has 1 atom stereocenters. The van der Waals surface area contributed by atoms with Crippen LogP contribution >= 0.6 is 0 Å². The summed E-state index contributed by atoms with van der Waals surface area (Å²) in [5, 5.41) is 12.6. The van der Waals surface area contributed by atoms with Crippen LogP contribution in [0, 0.1) is 5.41 Å². The number of carbonyl (C=O) groups is 2. The van der Waals surface area contributed by atoms with Crippen LogP contribution in [0.5, 0.6) is 5.75 Å². The second-order valence-electron chi connectivity index (χ2n) is 5.88. The van der Waals surface area contributed by atoms with Crippen molar-refractivity contribution in [2.45, 2.75) is 33.7 Å². The quantitative estimate of drug-likeness (QED) is 0.799. The number of amides is 1. The molecule has 0 saturated carbocycles. The van der Waals surface area contributed by atoms with Crippen LogP contribution in [0.15, 0.2) is 28.7 Å². The molecule has 6 nitrogen and oxygen atoms in total. The molecule has 0 saturated heterocycles. The highest BCUT2D eigenvalue weighted by molar-refractivity contribution is 6.01. The smallest absolute Gasteiger partial charge is 0.318 e. The van der Waals surface area contributed by atoms with Crippen molar-refractivity contribution in [2.75, 3.05) is 6.61 Å². The van der Waals surface area contributed by atoms with Gasteiger partial charge in [-0.1, -0.05) is 12.1 Å². The van der Waals surface area contributed by atoms with E-state index in [4.69, 9.17) is 14.3 Å². The molecule has 1 heterocycles. The summed E-state index contributed by atoms with van der Waals surface area (Å²) in [6.45, 7) is 6.88. The van der Waals surface area contributed by atoms with Gasteiger partial charge in [0.05, 0.1) is 12.6 Å². The van der Waals surface area contributed by atoms with E-state index in [0.29, 0.717) is 23.7 Å². The predicted octanol–water partition coefficient (Wildman–Crippen LogP) is 3.12. The minimum Gasteiger partial charge on any atom is -0.490 e. The number of fused-ring (bicyclic) bond motifs is 1. The maximum Gasteiger partial charge on any atom is 0.318 e. The molecule has 2 N–H and O–H groups in total. The number of ether oxygens (including phenoxy) is 1. The molecule has 0 fully saturated rings. The molecule has 2 rings (SSSR count). The third-order valence-electron chi connectivity index (χ3n) is 3.70. The summed E-state index contributed by atoms with van der Waals surface area (Å²) in [5.41, 5.74) is -0.889. The normalized spacial score (nSPS) is 12.9. The van der Waals surface area contributed by atoms with E-state index in [-0.39, 0.29) is 0 Å². The summed E-state index contributed by atoms with van der Waals surface area (Å²) in [5.74, 6) is -0.559. The number of para-hydroxylation sites is 1. The zero-order chi connectivity index (χ0) is 17.2. The fourth-order valence-electron chi connectivity index (χ4n) is 2.08. The Hall–Kier alpha value is -2.50. The van der Waals surface area contributed by atoms with Crippen LogP contribution in [-0.2, 0) is 9.59 Å². The second kappa shape index (κ2) is 6.32. The van der Waals surface area contributed by atoms with Gasteiger partial charge in [-0.15, -0.1) is 0 Å². The van der Waals surface area contributed by atoms with Gasteiger partial charge in [-0.05, 0) is 39.8 Å². The second-order valence-corrected chi connectivity index (χ2v) is 5.88. The first kappa shape index (κ1) is 16.9. The molecular formula is C17H21NO5. The first-order chi connectivity index (χ1) is 10.8. The van der Waals surface area contributed by atoms with Crippen LogP contribution in [0.25, 0.3) is 11.0 Å². The van der Waals surface area contributed by atoms with Gasteiger partial charge in [0.15, 0.2) is 11.3 Å². The molecule has 6 heteroatoms. The Bertz CT molecular complexity index is 732. The van der Waals surface area contributed by atoms with Gasteiger partial charge in [0, 0.05) is 5.39 Å². The minimum absolute atomic E-state index is 0.456. The topological polar surface area (TPSA) is 88.8 Å². The molecular weight excluding hydrogens is 298 g/mol. The average molecular weight is 319 g/mol. The number of carboxylic acid groups (broad SMARTS) is 1. The molecule has 124 valence electrons. The zero-order valence-corrected chi connectivity index (χ0v) is 13.7. The predicted molar refractivity (Wildman–Crippen MR) is 85.4 cm³/mol. The van der Waals surface area contributed by atoms with Gasteiger partial charge in [0.25, 0.3) is 0 Å². The van der Waals surface area contributed by atoms with Crippen molar-refractivity contribution in [3.8, 4) is 5.75 Å². The molecule has 0 aliphatic carbocycles. The number of benzene rings is 1. The summed E-state index contributed by atoms with van der Waals surface area (Å²) in [6, 6.07) is 6.93. The van der Waals surface area contributed by atoms with Crippen LogP contribution in [0.2, 0.25) is 0 Å². The van der Waals surface area contributed by atoms with Gasteiger partial charge in [0.1, 0.15) is 11.2 Å². The van der Waals surface area contributed by atoms with Gasteiger partial charge >= 0.3 is 5.97 Å². The maximum atomic E-state index is 12.1. The van der Waals surface area contributed by atoms with E-state index in [1.165, 1.54) is 13.8 Å². The number of hydrogen-bond acceptors (Lipinski definition) is 4. The van der Waals surface area contributed by atoms with Crippen LogP contribution in [0.3, 0.4) is 0 Å². The number of hydrogen-bond donors (Lipinski definition) is 2. The van der Waals surface area contributed by atoms with Gasteiger partial charge in [-0.25, -0.2) is 0 Å². The van der Waals surface area contributed by atoms with Crippen molar-refractivity contribution in [1.82, 2.24) is 5.32 Å². The summed E-state index contributed by atoms with van der Waals surface area (Å²) < 4.78 is 11.3. The number of carbonyl (C=O) groups excluding carboxylic acids is 1. The Morgan fingerprint density at radius 2 is 2.09 bits per heavy atom. The molecule has 1 aromatic carbocycles. The number of aliphatic carboxylic acids is 1. The SMILES string of the molecule is CCOc1cccc2cc(C(C)NC(=O)C(C)(C)C(=O)O)oc12. The van der Waals surface area contributed by atoms with Gasteiger partial charge in [-0.2, -0.15) is 0 Å². The van der Waals surface area contributed by atoms with Crippen molar-refractivity contribution < 1.29 is 23.8 Å². The standard InChI is InChI=1S/C17H21NO5/c1-5-22-12-8-6-7-11-9-13(23-14(11)12)10(2)18-15(19)17(3,4)16(20)21/h6-10H,5H2,1-4H3,(H,18,19)(H,20,21). The van der Waals surface area contributed by atoms with Crippen molar-refractivity contribution in [2.24, 2.45) is 5.41 Å². The molecule has 0 spiro atoms. The van der Waals surface area contributed by atoms with E-state index >= 15 is 0 Å². The van der Waals surface area contributed by atoms with Gasteiger partial charge in [0.2, 0.25) is 5.91 Å². The summed E-state index contributed by atoms with van der Waals surface area (Å²) >= 11 is 0. The lowest BCUT2D eigenvalue weighted by atomic mass is 9.92. The van der Waals surface area contributed by atoms with Crippen molar-refractivity contribution >= 4 is 22.8 Å². The maximum absolute atomic E-state index is 12.1. The summed E-state index contributed by atoms with van der Waals surface area (Å²) in [6.07, 6.45) is 0. The first-order valence-corrected chi connectivity index (χ1v) is 7.47. The highest BCUT2D eigenvalue weighted by Gasteiger charge is 2.37. The van der Waals surface area contributed by atoms with E-state index in [2.05, 4.69) is 5.32 Å². The van der Waals surface area contributed by atoms with Crippen LogP contribution in [0.1, 0.15) is 39.5 Å². The van der Waals surface area contributed by atoms with E-state index < -0.39 is 23.3 Å². The molecule has 0 aliphatic rings. The van der Waals surface area contributed by atoms with E-state index in [9.17, 15) is 9.59 Å². The number of rotatable bonds is 6. The minimum atomic E-state index is -1.50. The molecule has 2 aromatic rings. The fourth-order valence-corrected chi connectivity index (χ4v) is 2.08. The lowest BCUT2D eigenvalue weighted by Crippen LogP contribution is -2.43. The monoisotopic (exact) mass is 319 g/mol. The van der Waals surface area contributed by atoms with Crippen molar-refractivity contribution in [1.29, 1.82) is 0 Å². The Kier molecular flexibility index (Phi) is 4.63. The highest BCUT2D eigenvalue weighted by atomic mass is 16.5. The Labute approximate surface area is 134 Å². The number of nitrogens with one attached hydrogen (secondary N) is 1. The summed E-state index contributed by atoms with van der Waals surface area (Å²) in [7, 11) is 0. The molecule has 0 aliphatic heterocycles. The van der Waals surface area contributed by atoms with Crippen LogP contribution < -0.4 is 10.1 Å². The number of carboxylic acids is 1.